The van der Waals surface area contributed by atoms with Crippen LogP contribution in [0.1, 0.15) is 15.9 Å². The Bertz CT molecular complexity index is 766. The maximum atomic E-state index is 12.4. The van der Waals surface area contributed by atoms with Crippen LogP contribution in [0.5, 0.6) is 0 Å². The average molecular weight is 409 g/mol. The number of nitrogens with zero attached hydrogens (tertiary/aromatic N) is 1. The van der Waals surface area contributed by atoms with E-state index in [-0.39, 0.29) is 17.9 Å². The molecule has 0 bridgehead atoms. The number of halogens is 1. The molecule has 1 N–H and O–H groups in total. The number of nitro groups is 1. The smallest absolute Gasteiger partial charge is 0.340 e. The number of carbonyl (C=O) groups excluding carboxylic acids is 1. The topological polar surface area (TPSA) is 90.7 Å². The second-order valence-electron chi connectivity index (χ2n) is 5.07. The molecule has 2 aromatic carbocycles. The molecule has 132 valence electrons. The molecule has 0 aromatic heterocycles. The summed E-state index contributed by atoms with van der Waals surface area (Å²) in [7, 11) is 1.56. The summed E-state index contributed by atoms with van der Waals surface area (Å²) in [4.78, 5) is 22.9. The maximum Gasteiger partial charge on any atom is 0.340 e. The molecule has 0 aliphatic carbocycles. The quantitative estimate of drug-likeness (QED) is 0.309. The number of anilines is 1. The molecule has 0 saturated carbocycles. The summed E-state index contributed by atoms with van der Waals surface area (Å²) in [5.41, 5.74) is 1.19. The summed E-state index contributed by atoms with van der Waals surface area (Å²) in [5, 5.41) is 14.0. The predicted octanol–water partition coefficient (Wildman–Crippen LogP) is 3.77. The summed E-state index contributed by atoms with van der Waals surface area (Å²) in [6, 6.07) is 11.4. The fourth-order valence-corrected chi connectivity index (χ4v) is 2.49. The van der Waals surface area contributed by atoms with E-state index in [9.17, 15) is 14.9 Å². The van der Waals surface area contributed by atoms with Crippen molar-refractivity contribution in [2.75, 3.05) is 25.6 Å². The number of ether oxygens (including phenoxy) is 2. The predicted molar refractivity (Wildman–Crippen MR) is 96.7 cm³/mol. The second-order valence-corrected chi connectivity index (χ2v) is 5.93. The molecular weight excluding hydrogens is 392 g/mol. The largest absolute Gasteiger partial charge is 0.457 e. The third-order valence-corrected chi connectivity index (χ3v) is 4.15. The lowest BCUT2D eigenvalue weighted by Gasteiger charge is -2.12. The number of nitro benzene ring substituents is 1. The van der Waals surface area contributed by atoms with Gasteiger partial charge in [-0.25, -0.2) is 4.79 Å². The highest BCUT2D eigenvalue weighted by Crippen LogP contribution is 2.24. The van der Waals surface area contributed by atoms with Gasteiger partial charge in [0.15, 0.2) is 0 Å². The number of hydrogen-bond acceptors (Lipinski definition) is 6. The van der Waals surface area contributed by atoms with Crippen molar-refractivity contribution in [1.29, 1.82) is 0 Å². The van der Waals surface area contributed by atoms with E-state index in [1.165, 1.54) is 18.2 Å². The normalized spacial score (nSPS) is 10.3. The van der Waals surface area contributed by atoms with Crippen molar-refractivity contribution in [1.82, 2.24) is 0 Å². The van der Waals surface area contributed by atoms with Crippen molar-refractivity contribution in [2.45, 2.75) is 6.61 Å². The van der Waals surface area contributed by atoms with Gasteiger partial charge in [-0.3, -0.25) is 10.1 Å². The van der Waals surface area contributed by atoms with Gasteiger partial charge in [0.2, 0.25) is 0 Å². The lowest BCUT2D eigenvalue weighted by Crippen LogP contribution is -2.13. The molecule has 8 heteroatoms. The molecule has 2 rings (SSSR count). The van der Waals surface area contributed by atoms with Crippen LogP contribution in [0.4, 0.5) is 11.4 Å². The number of rotatable bonds is 8. The first kappa shape index (κ1) is 18.9. The van der Waals surface area contributed by atoms with E-state index in [1.54, 1.807) is 7.11 Å². The monoisotopic (exact) mass is 408 g/mol. The van der Waals surface area contributed by atoms with Gasteiger partial charge in [0.1, 0.15) is 6.61 Å². The van der Waals surface area contributed by atoms with Gasteiger partial charge in [0, 0.05) is 41.5 Å². The zero-order valence-electron chi connectivity index (χ0n) is 13.5. The molecule has 0 radical (unpaired) electrons. The minimum absolute atomic E-state index is 0.0560. The molecule has 25 heavy (non-hydrogen) atoms. The zero-order valence-corrected chi connectivity index (χ0v) is 15.1. The van der Waals surface area contributed by atoms with E-state index < -0.39 is 10.9 Å². The Hall–Kier alpha value is -2.45. The average Bonchev–Trinajstić information content (AvgIpc) is 2.61. The van der Waals surface area contributed by atoms with Crippen molar-refractivity contribution < 1.29 is 19.2 Å². The van der Waals surface area contributed by atoms with E-state index in [2.05, 4.69) is 21.2 Å². The summed E-state index contributed by atoms with van der Waals surface area (Å²) in [5.74, 6) is -0.639. The van der Waals surface area contributed by atoms with Crippen LogP contribution < -0.4 is 5.32 Å². The first-order valence-corrected chi connectivity index (χ1v) is 8.24. The van der Waals surface area contributed by atoms with E-state index in [1.807, 2.05) is 24.3 Å². The lowest BCUT2D eigenvalue weighted by molar-refractivity contribution is -0.384. The maximum absolute atomic E-state index is 12.4. The Kier molecular flexibility index (Phi) is 6.91. The van der Waals surface area contributed by atoms with E-state index in [4.69, 9.17) is 9.47 Å². The number of carbonyl (C=O) groups is 1. The summed E-state index contributed by atoms with van der Waals surface area (Å²) < 4.78 is 11.1. The number of hydrogen-bond donors (Lipinski definition) is 1. The fraction of sp³-hybridized carbons (Fsp3) is 0.235. The molecule has 0 saturated heterocycles. The molecule has 0 fully saturated rings. The Labute approximate surface area is 153 Å². The third kappa shape index (κ3) is 5.27. The lowest BCUT2D eigenvalue weighted by atomic mass is 10.1. The number of esters is 1. The van der Waals surface area contributed by atoms with E-state index in [0.29, 0.717) is 18.8 Å². The van der Waals surface area contributed by atoms with Crippen LogP contribution in [0, 0.1) is 10.1 Å². The number of nitrogens with one attached hydrogen (secondary N) is 1. The van der Waals surface area contributed by atoms with E-state index in [0.717, 1.165) is 10.0 Å². The van der Waals surface area contributed by atoms with Gasteiger partial charge < -0.3 is 14.8 Å². The Balaban J connectivity index is 2.18. The van der Waals surface area contributed by atoms with Crippen molar-refractivity contribution in [3.63, 3.8) is 0 Å². The summed E-state index contributed by atoms with van der Waals surface area (Å²) in [6.45, 7) is 0.946. The molecule has 0 unspecified atom stereocenters. The second kappa shape index (κ2) is 9.14. The molecule has 0 atom stereocenters. The van der Waals surface area contributed by atoms with Gasteiger partial charge in [-0.2, -0.15) is 0 Å². The van der Waals surface area contributed by atoms with Gasteiger partial charge in [0.25, 0.3) is 5.69 Å². The van der Waals surface area contributed by atoms with Gasteiger partial charge in [0.05, 0.1) is 17.1 Å². The van der Waals surface area contributed by atoms with Crippen LogP contribution in [0.15, 0.2) is 46.9 Å². The molecule has 0 aliphatic rings. The van der Waals surface area contributed by atoms with Gasteiger partial charge >= 0.3 is 5.97 Å². The van der Waals surface area contributed by atoms with Gasteiger partial charge in [-0.1, -0.05) is 34.1 Å². The van der Waals surface area contributed by atoms with Crippen LogP contribution in [0.25, 0.3) is 0 Å². The minimum atomic E-state index is -0.639. The van der Waals surface area contributed by atoms with Crippen molar-refractivity contribution in [2.24, 2.45) is 0 Å². The number of non-ortho nitro benzene ring substituents is 1. The minimum Gasteiger partial charge on any atom is -0.457 e. The van der Waals surface area contributed by atoms with Gasteiger partial charge in [-0.05, 0) is 12.1 Å². The van der Waals surface area contributed by atoms with E-state index >= 15 is 0 Å². The first-order valence-electron chi connectivity index (χ1n) is 7.44. The van der Waals surface area contributed by atoms with Crippen LogP contribution in [0.2, 0.25) is 0 Å². The highest BCUT2D eigenvalue weighted by molar-refractivity contribution is 9.10. The Morgan fingerprint density at radius 2 is 2.04 bits per heavy atom. The fourth-order valence-electron chi connectivity index (χ4n) is 2.09. The third-order valence-electron chi connectivity index (χ3n) is 3.37. The Morgan fingerprint density at radius 1 is 1.28 bits per heavy atom. The van der Waals surface area contributed by atoms with Crippen molar-refractivity contribution in [3.05, 3.63) is 68.2 Å². The van der Waals surface area contributed by atoms with Crippen LogP contribution in [0.3, 0.4) is 0 Å². The van der Waals surface area contributed by atoms with Gasteiger partial charge in [-0.15, -0.1) is 0 Å². The number of benzene rings is 2. The highest BCUT2D eigenvalue weighted by Gasteiger charge is 2.18. The van der Waals surface area contributed by atoms with Crippen molar-refractivity contribution >= 4 is 33.3 Å². The molecule has 0 heterocycles. The SMILES string of the molecule is COCCNc1ccc([N+](=O)[O-])cc1C(=O)OCc1ccccc1Br. The Morgan fingerprint density at radius 3 is 2.72 bits per heavy atom. The molecular formula is C17H17BrN2O5. The van der Waals surface area contributed by atoms with Crippen LogP contribution in [-0.4, -0.2) is 31.2 Å². The zero-order chi connectivity index (χ0) is 18.2. The summed E-state index contributed by atoms with van der Waals surface area (Å²) >= 11 is 3.38. The molecule has 0 amide bonds. The molecule has 0 aliphatic heterocycles. The molecule has 0 spiro atoms. The van der Waals surface area contributed by atoms with Crippen molar-refractivity contribution in [3.8, 4) is 0 Å². The summed E-state index contributed by atoms with van der Waals surface area (Å²) in [6.07, 6.45) is 0. The standard InChI is InChI=1S/C17H17BrN2O5/c1-24-9-8-19-16-7-6-13(20(22)23)10-14(16)17(21)25-11-12-4-2-3-5-15(12)18/h2-7,10,19H,8-9,11H2,1H3. The number of methoxy groups -OCH3 is 1. The first-order chi connectivity index (χ1) is 12.0. The molecule has 2 aromatic rings. The van der Waals surface area contributed by atoms with Crippen LogP contribution >= 0.6 is 15.9 Å². The molecule has 7 nitrogen and oxygen atoms in total. The highest BCUT2D eigenvalue weighted by atomic mass is 79.9. The van der Waals surface area contributed by atoms with Crippen LogP contribution in [-0.2, 0) is 16.1 Å².